The van der Waals surface area contributed by atoms with Gasteiger partial charge in [0.1, 0.15) is 5.75 Å². The summed E-state index contributed by atoms with van der Waals surface area (Å²) < 4.78 is 11.0. The predicted octanol–water partition coefficient (Wildman–Crippen LogP) is 2.83. The fraction of sp³-hybridized carbons (Fsp3) is 0.385. The first-order valence-corrected chi connectivity index (χ1v) is 5.70. The number of nitrogens with zero attached hydrogens (tertiary/aromatic N) is 2. The standard InChI is InChI=1S/C13H16N2O2/c1-4-12-14-15-13(17-12)8-16-11-6-5-9(2)7-10(11)3/h5-7H,4,8H2,1-3H3. The Kier molecular flexibility index (Phi) is 3.42. The van der Waals surface area contributed by atoms with E-state index in [1.807, 2.05) is 26.0 Å². The molecule has 1 heterocycles. The van der Waals surface area contributed by atoms with Crippen molar-refractivity contribution in [3.63, 3.8) is 0 Å². The summed E-state index contributed by atoms with van der Waals surface area (Å²) in [4.78, 5) is 0. The zero-order valence-electron chi connectivity index (χ0n) is 10.4. The maximum atomic E-state index is 5.64. The highest BCUT2D eigenvalue weighted by atomic mass is 16.5. The van der Waals surface area contributed by atoms with Crippen LogP contribution in [0.4, 0.5) is 0 Å². The van der Waals surface area contributed by atoms with E-state index in [4.69, 9.17) is 9.15 Å². The van der Waals surface area contributed by atoms with Gasteiger partial charge in [0.05, 0.1) is 0 Å². The van der Waals surface area contributed by atoms with Crippen molar-refractivity contribution in [2.45, 2.75) is 33.8 Å². The van der Waals surface area contributed by atoms with Crippen molar-refractivity contribution in [3.8, 4) is 5.75 Å². The van der Waals surface area contributed by atoms with Crippen molar-refractivity contribution in [2.24, 2.45) is 0 Å². The molecule has 0 aliphatic rings. The molecule has 0 saturated heterocycles. The molecule has 4 heteroatoms. The molecule has 0 atom stereocenters. The molecule has 0 spiro atoms. The molecule has 2 aromatic rings. The summed E-state index contributed by atoms with van der Waals surface area (Å²) in [5.41, 5.74) is 2.33. The van der Waals surface area contributed by atoms with Gasteiger partial charge in [-0.1, -0.05) is 24.6 Å². The highest BCUT2D eigenvalue weighted by Gasteiger charge is 2.06. The number of aryl methyl sites for hydroxylation is 3. The molecule has 0 unspecified atom stereocenters. The molecule has 0 fully saturated rings. The van der Waals surface area contributed by atoms with Gasteiger partial charge < -0.3 is 9.15 Å². The van der Waals surface area contributed by atoms with Crippen LogP contribution in [0.5, 0.6) is 5.75 Å². The lowest BCUT2D eigenvalue weighted by molar-refractivity contribution is 0.257. The van der Waals surface area contributed by atoms with E-state index in [0.29, 0.717) is 18.4 Å². The Morgan fingerprint density at radius 2 is 1.94 bits per heavy atom. The zero-order valence-corrected chi connectivity index (χ0v) is 10.4. The predicted molar refractivity (Wildman–Crippen MR) is 63.9 cm³/mol. The Bertz CT molecular complexity index is 506. The Labute approximate surface area is 101 Å². The first-order chi connectivity index (χ1) is 8.19. The van der Waals surface area contributed by atoms with E-state index < -0.39 is 0 Å². The van der Waals surface area contributed by atoms with Gasteiger partial charge in [0, 0.05) is 6.42 Å². The lowest BCUT2D eigenvalue weighted by Crippen LogP contribution is -1.97. The van der Waals surface area contributed by atoms with Gasteiger partial charge in [-0.15, -0.1) is 10.2 Å². The third-order valence-electron chi connectivity index (χ3n) is 2.49. The molecule has 0 amide bonds. The minimum atomic E-state index is 0.316. The second kappa shape index (κ2) is 4.99. The van der Waals surface area contributed by atoms with Crippen LogP contribution in [-0.4, -0.2) is 10.2 Å². The molecule has 2 rings (SSSR count). The van der Waals surface area contributed by atoms with E-state index in [9.17, 15) is 0 Å². The number of rotatable bonds is 4. The SMILES string of the molecule is CCc1nnc(COc2ccc(C)cc2C)o1. The van der Waals surface area contributed by atoms with Crippen LogP contribution in [0, 0.1) is 13.8 Å². The first kappa shape index (κ1) is 11.6. The maximum Gasteiger partial charge on any atom is 0.253 e. The van der Waals surface area contributed by atoms with E-state index in [2.05, 4.69) is 23.2 Å². The summed E-state index contributed by atoms with van der Waals surface area (Å²) in [5.74, 6) is 2.01. The Morgan fingerprint density at radius 3 is 2.59 bits per heavy atom. The van der Waals surface area contributed by atoms with E-state index in [-0.39, 0.29) is 0 Å². The summed E-state index contributed by atoms with van der Waals surface area (Å²) in [6.45, 7) is 6.37. The smallest absolute Gasteiger partial charge is 0.253 e. The molecule has 0 aliphatic carbocycles. The molecule has 0 N–H and O–H groups in total. The highest BCUT2D eigenvalue weighted by molar-refractivity contribution is 5.35. The van der Waals surface area contributed by atoms with Crippen LogP contribution in [0.15, 0.2) is 22.6 Å². The number of ether oxygens (including phenoxy) is 1. The van der Waals surface area contributed by atoms with Crippen LogP contribution in [0.1, 0.15) is 29.8 Å². The van der Waals surface area contributed by atoms with Crippen molar-refractivity contribution < 1.29 is 9.15 Å². The van der Waals surface area contributed by atoms with Crippen molar-refractivity contribution in [3.05, 3.63) is 41.1 Å². The van der Waals surface area contributed by atoms with E-state index >= 15 is 0 Å². The number of aromatic nitrogens is 2. The zero-order chi connectivity index (χ0) is 12.3. The quantitative estimate of drug-likeness (QED) is 0.813. The number of hydrogen-bond acceptors (Lipinski definition) is 4. The van der Waals surface area contributed by atoms with Crippen molar-refractivity contribution in [2.75, 3.05) is 0 Å². The Hall–Kier alpha value is -1.84. The molecule has 1 aromatic heterocycles. The fourth-order valence-electron chi connectivity index (χ4n) is 1.59. The summed E-state index contributed by atoms with van der Waals surface area (Å²) in [6, 6.07) is 6.07. The van der Waals surface area contributed by atoms with Gasteiger partial charge in [-0.05, 0) is 25.5 Å². The van der Waals surface area contributed by atoms with Gasteiger partial charge >= 0.3 is 0 Å². The fourth-order valence-corrected chi connectivity index (χ4v) is 1.59. The van der Waals surface area contributed by atoms with Gasteiger partial charge in [0.25, 0.3) is 5.89 Å². The van der Waals surface area contributed by atoms with Gasteiger partial charge in [-0.25, -0.2) is 0 Å². The van der Waals surface area contributed by atoms with E-state index in [0.717, 1.165) is 17.7 Å². The van der Waals surface area contributed by atoms with Crippen LogP contribution in [0.25, 0.3) is 0 Å². The number of benzene rings is 1. The van der Waals surface area contributed by atoms with Gasteiger partial charge in [0.2, 0.25) is 5.89 Å². The number of hydrogen-bond donors (Lipinski definition) is 0. The van der Waals surface area contributed by atoms with Crippen molar-refractivity contribution in [1.82, 2.24) is 10.2 Å². The normalized spacial score (nSPS) is 10.5. The lowest BCUT2D eigenvalue weighted by Gasteiger charge is -2.07. The minimum Gasteiger partial charge on any atom is -0.484 e. The second-order valence-corrected chi connectivity index (χ2v) is 4.00. The largest absolute Gasteiger partial charge is 0.484 e. The minimum absolute atomic E-state index is 0.316. The van der Waals surface area contributed by atoms with E-state index in [1.165, 1.54) is 5.56 Å². The van der Waals surface area contributed by atoms with Gasteiger partial charge in [0.15, 0.2) is 6.61 Å². The molecule has 0 saturated carbocycles. The summed E-state index contributed by atoms with van der Waals surface area (Å²) in [5, 5.41) is 7.79. The first-order valence-electron chi connectivity index (χ1n) is 5.70. The van der Waals surface area contributed by atoms with Crippen LogP contribution in [-0.2, 0) is 13.0 Å². The maximum absolute atomic E-state index is 5.64. The van der Waals surface area contributed by atoms with Crippen LogP contribution >= 0.6 is 0 Å². The monoisotopic (exact) mass is 232 g/mol. The van der Waals surface area contributed by atoms with E-state index in [1.54, 1.807) is 0 Å². The third-order valence-corrected chi connectivity index (χ3v) is 2.49. The summed E-state index contributed by atoms with van der Waals surface area (Å²) in [6.07, 6.45) is 0.747. The molecular formula is C13H16N2O2. The Balaban J connectivity index is 2.02. The van der Waals surface area contributed by atoms with Crippen molar-refractivity contribution >= 4 is 0 Å². The van der Waals surface area contributed by atoms with Gasteiger partial charge in [-0.2, -0.15) is 0 Å². The molecule has 0 radical (unpaired) electrons. The summed E-state index contributed by atoms with van der Waals surface area (Å²) >= 11 is 0. The van der Waals surface area contributed by atoms with Crippen molar-refractivity contribution in [1.29, 1.82) is 0 Å². The van der Waals surface area contributed by atoms with Crippen LogP contribution < -0.4 is 4.74 Å². The third kappa shape index (κ3) is 2.84. The molecular weight excluding hydrogens is 216 g/mol. The van der Waals surface area contributed by atoms with Crippen LogP contribution in [0.3, 0.4) is 0 Å². The molecule has 0 aliphatic heterocycles. The molecule has 0 bridgehead atoms. The Morgan fingerprint density at radius 1 is 1.18 bits per heavy atom. The second-order valence-electron chi connectivity index (χ2n) is 4.00. The highest BCUT2D eigenvalue weighted by Crippen LogP contribution is 2.19. The molecule has 4 nitrogen and oxygen atoms in total. The lowest BCUT2D eigenvalue weighted by atomic mass is 10.1. The van der Waals surface area contributed by atoms with Crippen LogP contribution in [0.2, 0.25) is 0 Å². The topological polar surface area (TPSA) is 48.2 Å². The average molecular weight is 232 g/mol. The molecule has 17 heavy (non-hydrogen) atoms. The molecule has 1 aromatic carbocycles. The average Bonchev–Trinajstić information content (AvgIpc) is 2.76. The van der Waals surface area contributed by atoms with Gasteiger partial charge in [-0.3, -0.25) is 0 Å². The molecule has 90 valence electrons. The summed E-state index contributed by atoms with van der Waals surface area (Å²) in [7, 11) is 0.